The van der Waals surface area contributed by atoms with E-state index in [0.29, 0.717) is 0 Å². The molecule has 0 aliphatic carbocycles. The number of unbranched alkanes of at least 4 members (excludes halogenated alkanes) is 15. The molecule has 4 nitrogen and oxygen atoms in total. The van der Waals surface area contributed by atoms with Crippen LogP contribution in [0.3, 0.4) is 0 Å². The van der Waals surface area contributed by atoms with E-state index in [1.165, 1.54) is 114 Å². The molecule has 0 atom stereocenters. The molecule has 0 radical (unpaired) electrons. The Labute approximate surface area is 223 Å². The molecule has 34 heavy (non-hydrogen) atoms. The zero-order valence-electron chi connectivity index (χ0n) is 20.6. The van der Waals surface area contributed by atoms with Crippen molar-refractivity contribution >= 4 is 43.2 Å². The van der Waals surface area contributed by atoms with Crippen LogP contribution in [0.25, 0.3) is 0 Å². The maximum atomic E-state index is 4.24. The van der Waals surface area contributed by atoms with Crippen molar-refractivity contribution < 1.29 is 0 Å². The second-order valence-electron chi connectivity index (χ2n) is 8.53. The van der Waals surface area contributed by atoms with E-state index < -0.39 is 0 Å². The lowest BCUT2D eigenvalue weighted by Crippen LogP contribution is -1.85. The molecule has 0 unspecified atom stereocenters. The van der Waals surface area contributed by atoms with Crippen LogP contribution in [0.2, 0.25) is 0 Å². The van der Waals surface area contributed by atoms with E-state index in [2.05, 4.69) is 19.9 Å². The summed E-state index contributed by atoms with van der Waals surface area (Å²) in [5.74, 6) is 2.40. The van der Waals surface area contributed by atoms with Gasteiger partial charge in [0.25, 0.3) is 0 Å². The maximum absolute atomic E-state index is 4.24. The average Bonchev–Trinajstić information content (AvgIpc) is 2.88. The van der Waals surface area contributed by atoms with Crippen molar-refractivity contribution in [2.45, 2.75) is 113 Å². The van der Waals surface area contributed by atoms with Gasteiger partial charge in [-0.3, -0.25) is 0 Å². The standard InChI is InChI=1S/C26H42N4S4/c1(3-5-7-9-11-13-15-23-31-33-25-27-19-17-20-28-25)2-4-6-8-10-12-14-16-24-32-34-26-29-21-18-22-30-26/h17-22H,1-16,23-24H2. The summed E-state index contributed by atoms with van der Waals surface area (Å²) in [6.45, 7) is 0. The van der Waals surface area contributed by atoms with Crippen LogP contribution >= 0.6 is 43.2 Å². The van der Waals surface area contributed by atoms with Gasteiger partial charge in [-0.15, -0.1) is 0 Å². The lowest BCUT2D eigenvalue weighted by molar-refractivity contribution is 0.532. The minimum absolute atomic E-state index is 0.878. The first-order valence-corrected chi connectivity index (χ1v) is 17.7. The van der Waals surface area contributed by atoms with E-state index in [0.717, 1.165) is 10.3 Å². The fourth-order valence-electron chi connectivity index (χ4n) is 3.64. The van der Waals surface area contributed by atoms with Gasteiger partial charge in [-0.2, -0.15) is 0 Å². The Hall–Kier alpha value is -0.440. The summed E-state index contributed by atoms with van der Waals surface area (Å²) in [6, 6.07) is 3.73. The summed E-state index contributed by atoms with van der Waals surface area (Å²) in [5, 5.41) is 1.76. The molecule has 0 N–H and O–H groups in total. The first-order valence-electron chi connectivity index (χ1n) is 13.1. The summed E-state index contributed by atoms with van der Waals surface area (Å²) >= 11 is 0. The molecule has 8 heteroatoms. The highest BCUT2D eigenvalue weighted by Crippen LogP contribution is 2.29. The Morgan fingerprint density at radius 2 is 0.647 bits per heavy atom. The number of hydrogen-bond acceptors (Lipinski definition) is 8. The van der Waals surface area contributed by atoms with Gasteiger partial charge in [-0.25, -0.2) is 19.9 Å². The molecule has 2 aromatic heterocycles. The van der Waals surface area contributed by atoms with Crippen LogP contribution in [0.4, 0.5) is 0 Å². The lowest BCUT2D eigenvalue weighted by Gasteiger charge is -2.04. The van der Waals surface area contributed by atoms with E-state index in [9.17, 15) is 0 Å². The molecule has 190 valence electrons. The smallest absolute Gasteiger partial charge is 0.198 e. The summed E-state index contributed by atoms with van der Waals surface area (Å²) in [6.07, 6.45) is 29.7. The molecule has 2 aromatic rings. The van der Waals surface area contributed by atoms with Crippen LogP contribution < -0.4 is 0 Å². The van der Waals surface area contributed by atoms with Gasteiger partial charge in [0.15, 0.2) is 10.3 Å². The van der Waals surface area contributed by atoms with Gasteiger partial charge in [-0.1, -0.05) is 111 Å². The second-order valence-corrected chi connectivity index (χ2v) is 13.3. The molecule has 0 aliphatic heterocycles. The van der Waals surface area contributed by atoms with Crippen molar-refractivity contribution in [2.75, 3.05) is 11.5 Å². The molecular weight excluding hydrogens is 497 g/mol. The number of hydrogen-bond donors (Lipinski definition) is 0. The van der Waals surface area contributed by atoms with Crippen molar-refractivity contribution in [2.24, 2.45) is 0 Å². The fraction of sp³-hybridized carbons (Fsp3) is 0.692. The first-order chi connectivity index (χ1) is 16.9. The Morgan fingerprint density at radius 1 is 0.382 bits per heavy atom. The summed E-state index contributed by atoms with van der Waals surface area (Å²) in [7, 11) is 7.16. The van der Waals surface area contributed by atoms with E-state index in [-0.39, 0.29) is 0 Å². The Kier molecular flexibility index (Phi) is 20.1. The van der Waals surface area contributed by atoms with Crippen LogP contribution in [0.15, 0.2) is 47.2 Å². The third kappa shape index (κ3) is 17.9. The normalized spacial score (nSPS) is 11.2. The van der Waals surface area contributed by atoms with Crippen LogP contribution in [0.5, 0.6) is 0 Å². The summed E-state index contributed by atoms with van der Waals surface area (Å²) in [5.41, 5.74) is 0. The summed E-state index contributed by atoms with van der Waals surface area (Å²) in [4.78, 5) is 16.9. The van der Waals surface area contributed by atoms with E-state index in [1.54, 1.807) is 21.6 Å². The van der Waals surface area contributed by atoms with Crippen LogP contribution in [0, 0.1) is 0 Å². The van der Waals surface area contributed by atoms with E-state index in [1.807, 2.05) is 58.5 Å². The topological polar surface area (TPSA) is 51.6 Å². The van der Waals surface area contributed by atoms with Crippen LogP contribution in [-0.4, -0.2) is 31.4 Å². The lowest BCUT2D eigenvalue weighted by atomic mass is 10.0. The van der Waals surface area contributed by atoms with E-state index in [4.69, 9.17) is 0 Å². The fourth-order valence-corrected chi connectivity index (χ4v) is 7.44. The van der Waals surface area contributed by atoms with Crippen molar-refractivity contribution in [3.05, 3.63) is 36.9 Å². The second kappa shape index (κ2) is 23.0. The number of aromatic nitrogens is 4. The minimum Gasteiger partial charge on any atom is -0.230 e. The van der Waals surface area contributed by atoms with Crippen molar-refractivity contribution in [1.29, 1.82) is 0 Å². The molecule has 2 rings (SSSR count). The number of nitrogens with zero attached hydrogens (tertiary/aromatic N) is 4. The Balaban J connectivity index is 1.19. The van der Waals surface area contributed by atoms with Gasteiger partial charge in [-0.05, 0) is 46.6 Å². The molecule has 0 saturated carbocycles. The predicted molar refractivity (Wildman–Crippen MR) is 155 cm³/mol. The van der Waals surface area contributed by atoms with Gasteiger partial charge < -0.3 is 0 Å². The van der Waals surface area contributed by atoms with Crippen molar-refractivity contribution in [1.82, 2.24) is 19.9 Å². The third-order valence-electron chi connectivity index (χ3n) is 5.56. The monoisotopic (exact) mass is 538 g/mol. The zero-order chi connectivity index (χ0) is 23.8. The molecule has 0 amide bonds. The van der Waals surface area contributed by atoms with Gasteiger partial charge >= 0.3 is 0 Å². The van der Waals surface area contributed by atoms with Crippen LogP contribution in [-0.2, 0) is 0 Å². The van der Waals surface area contributed by atoms with Crippen LogP contribution in [0.1, 0.15) is 103 Å². The molecule has 0 aromatic carbocycles. The maximum Gasteiger partial charge on any atom is 0.198 e. The van der Waals surface area contributed by atoms with Gasteiger partial charge in [0.1, 0.15) is 0 Å². The van der Waals surface area contributed by atoms with E-state index >= 15 is 0 Å². The zero-order valence-corrected chi connectivity index (χ0v) is 23.9. The van der Waals surface area contributed by atoms with Gasteiger partial charge in [0, 0.05) is 36.3 Å². The molecule has 0 spiro atoms. The van der Waals surface area contributed by atoms with Gasteiger partial charge in [0.2, 0.25) is 0 Å². The highest BCUT2D eigenvalue weighted by Gasteiger charge is 1.99. The number of rotatable bonds is 23. The van der Waals surface area contributed by atoms with Crippen molar-refractivity contribution in [3.8, 4) is 0 Å². The predicted octanol–water partition coefficient (Wildman–Crippen LogP) is 9.69. The molecular formula is C26H42N4S4. The quantitative estimate of drug-likeness (QED) is 0.0787. The first kappa shape index (κ1) is 29.8. The highest BCUT2D eigenvalue weighted by molar-refractivity contribution is 8.77. The van der Waals surface area contributed by atoms with Gasteiger partial charge in [0.05, 0.1) is 0 Å². The molecule has 0 aliphatic rings. The molecule has 0 fully saturated rings. The Bertz CT molecular complexity index is 620. The minimum atomic E-state index is 0.878. The highest BCUT2D eigenvalue weighted by atomic mass is 33.1. The van der Waals surface area contributed by atoms with Crippen molar-refractivity contribution in [3.63, 3.8) is 0 Å². The third-order valence-corrected chi connectivity index (χ3v) is 10.0. The average molecular weight is 539 g/mol. The summed E-state index contributed by atoms with van der Waals surface area (Å²) < 4.78 is 0. The molecule has 0 saturated heterocycles. The molecule has 2 heterocycles. The Morgan fingerprint density at radius 3 is 0.941 bits per heavy atom. The SMILES string of the molecule is c1cnc(SSCCCCCCCCCCCCCCCCCCSSc2ncccn2)nc1. The molecule has 0 bridgehead atoms. The largest absolute Gasteiger partial charge is 0.230 e.